The molecular weight excluding hydrogens is 365 g/mol. The van der Waals surface area contributed by atoms with Crippen LogP contribution in [-0.2, 0) is 13.0 Å². The van der Waals surface area contributed by atoms with Crippen LogP contribution in [-0.4, -0.2) is 28.9 Å². The van der Waals surface area contributed by atoms with Gasteiger partial charge < -0.3 is 5.32 Å². The van der Waals surface area contributed by atoms with Gasteiger partial charge in [0.25, 0.3) is 5.91 Å². The summed E-state index contributed by atoms with van der Waals surface area (Å²) in [5.74, 6) is -0.862. The van der Waals surface area contributed by atoms with Gasteiger partial charge in [0.2, 0.25) is 0 Å². The molecule has 1 amide bonds. The molecule has 138 valence electrons. The Kier molecular flexibility index (Phi) is 4.81. The maximum atomic E-state index is 14.1. The van der Waals surface area contributed by atoms with Crippen molar-refractivity contribution in [2.75, 3.05) is 18.4 Å². The molecule has 27 heavy (non-hydrogen) atoms. The van der Waals surface area contributed by atoms with Crippen molar-refractivity contribution in [2.45, 2.75) is 19.9 Å². The van der Waals surface area contributed by atoms with Crippen LogP contribution < -0.4 is 5.32 Å². The predicted octanol–water partition coefficient (Wildman–Crippen LogP) is 4.66. The largest absolute Gasteiger partial charge is 0.319 e. The molecule has 0 fully saturated rings. The lowest BCUT2D eigenvalue weighted by Crippen LogP contribution is -2.33. The molecule has 0 saturated carbocycles. The lowest BCUT2D eigenvalue weighted by atomic mass is 9.95. The van der Waals surface area contributed by atoms with Gasteiger partial charge in [-0.2, -0.15) is 0 Å². The van der Waals surface area contributed by atoms with Crippen molar-refractivity contribution in [2.24, 2.45) is 0 Å². The number of nitrogens with one attached hydrogen (secondary N) is 1. The number of likely N-dealkylation sites (N-methyl/N-ethyl adjacent to an activating group) is 1. The first kappa shape index (κ1) is 17.9. The van der Waals surface area contributed by atoms with Crippen molar-refractivity contribution in [1.29, 1.82) is 0 Å². The molecule has 4 nitrogen and oxygen atoms in total. The van der Waals surface area contributed by atoms with Crippen molar-refractivity contribution in [1.82, 2.24) is 9.88 Å². The number of fused-ring (bicyclic) bond motifs is 2. The van der Waals surface area contributed by atoms with Crippen LogP contribution in [0.5, 0.6) is 0 Å². The molecule has 0 radical (unpaired) electrons. The first-order valence-corrected chi connectivity index (χ1v) is 9.34. The molecule has 1 N–H and O–H groups in total. The van der Waals surface area contributed by atoms with E-state index in [1.807, 2.05) is 24.3 Å². The van der Waals surface area contributed by atoms with Gasteiger partial charge in [0.15, 0.2) is 0 Å². The van der Waals surface area contributed by atoms with Crippen molar-refractivity contribution in [3.05, 3.63) is 70.1 Å². The second-order valence-corrected chi connectivity index (χ2v) is 7.06. The fourth-order valence-electron chi connectivity index (χ4n) is 3.55. The Hall–Kier alpha value is -2.50. The number of benzene rings is 2. The smallest absolute Gasteiger partial charge is 0.256 e. The van der Waals surface area contributed by atoms with E-state index in [2.05, 4.69) is 17.1 Å². The molecule has 0 spiro atoms. The minimum Gasteiger partial charge on any atom is -0.319 e. The van der Waals surface area contributed by atoms with Crippen LogP contribution in [0.25, 0.3) is 10.9 Å². The highest BCUT2D eigenvalue weighted by molar-refractivity contribution is 6.31. The second-order valence-electron chi connectivity index (χ2n) is 6.63. The summed E-state index contributed by atoms with van der Waals surface area (Å²) in [4.78, 5) is 20.2. The van der Waals surface area contributed by atoms with E-state index in [4.69, 9.17) is 16.6 Å². The Labute approximate surface area is 162 Å². The summed E-state index contributed by atoms with van der Waals surface area (Å²) in [6.45, 7) is 4.57. The van der Waals surface area contributed by atoms with Crippen molar-refractivity contribution >= 4 is 34.1 Å². The van der Waals surface area contributed by atoms with Gasteiger partial charge in [0.1, 0.15) is 5.82 Å². The summed E-state index contributed by atoms with van der Waals surface area (Å²) in [6, 6.07) is 11.7. The number of aromatic nitrogens is 1. The standard InChI is InChI=1S/C21H19ClFN3O/c1-2-26-10-9-18-15(12-26)20(14-5-3-4-6-17(14)24-18)21(27)25-19-11-13(22)7-8-16(19)23/h3-8,11H,2,9-10,12H2,1H3,(H,25,27). The molecule has 1 aliphatic rings. The number of nitrogens with zero attached hydrogens (tertiary/aromatic N) is 2. The molecule has 3 aromatic rings. The Bertz CT molecular complexity index is 1040. The minimum absolute atomic E-state index is 0.0744. The topological polar surface area (TPSA) is 45.2 Å². The molecule has 0 unspecified atom stereocenters. The summed E-state index contributed by atoms with van der Waals surface area (Å²) in [6.07, 6.45) is 0.791. The fraction of sp³-hybridized carbons (Fsp3) is 0.238. The SMILES string of the molecule is CCN1CCc2nc3ccccc3c(C(=O)Nc3cc(Cl)ccc3F)c2C1. The number of para-hydroxylation sites is 1. The maximum Gasteiger partial charge on any atom is 0.256 e. The van der Waals surface area contributed by atoms with E-state index < -0.39 is 5.82 Å². The molecule has 0 saturated heterocycles. The minimum atomic E-state index is -0.518. The van der Waals surface area contributed by atoms with Crippen LogP contribution in [0.3, 0.4) is 0 Å². The van der Waals surface area contributed by atoms with Gasteiger partial charge in [-0.3, -0.25) is 14.7 Å². The lowest BCUT2D eigenvalue weighted by molar-refractivity contribution is 0.102. The number of anilines is 1. The molecule has 0 bridgehead atoms. The van der Waals surface area contributed by atoms with Crippen molar-refractivity contribution < 1.29 is 9.18 Å². The zero-order valence-corrected chi connectivity index (χ0v) is 15.7. The van der Waals surface area contributed by atoms with E-state index in [-0.39, 0.29) is 11.6 Å². The van der Waals surface area contributed by atoms with Crippen LogP contribution >= 0.6 is 11.6 Å². The summed E-state index contributed by atoms with van der Waals surface area (Å²) in [5, 5.41) is 3.84. The van der Waals surface area contributed by atoms with E-state index >= 15 is 0 Å². The summed E-state index contributed by atoms with van der Waals surface area (Å²) >= 11 is 5.96. The number of pyridine rings is 1. The highest BCUT2D eigenvalue weighted by Crippen LogP contribution is 2.29. The number of carbonyl (C=O) groups excluding carboxylic acids is 1. The van der Waals surface area contributed by atoms with Gasteiger partial charge in [0.05, 0.1) is 16.8 Å². The van der Waals surface area contributed by atoms with E-state index in [1.54, 1.807) is 0 Å². The Morgan fingerprint density at radius 1 is 1.30 bits per heavy atom. The van der Waals surface area contributed by atoms with E-state index in [9.17, 15) is 9.18 Å². The molecule has 0 aliphatic carbocycles. The quantitative estimate of drug-likeness (QED) is 0.715. The van der Waals surface area contributed by atoms with Gasteiger partial charge >= 0.3 is 0 Å². The third-order valence-corrected chi connectivity index (χ3v) is 5.21. The fourth-order valence-corrected chi connectivity index (χ4v) is 3.73. The molecule has 2 heterocycles. The van der Waals surface area contributed by atoms with Crippen LogP contribution in [0.15, 0.2) is 42.5 Å². The first-order chi connectivity index (χ1) is 13.1. The van der Waals surface area contributed by atoms with E-state index in [1.165, 1.54) is 18.2 Å². The average molecular weight is 384 g/mol. The monoisotopic (exact) mass is 383 g/mol. The summed E-state index contributed by atoms with van der Waals surface area (Å²) < 4.78 is 14.1. The third-order valence-electron chi connectivity index (χ3n) is 4.98. The molecule has 0 atom stereocenters. The molecule has 4 rings (SSSR count). The Morgan fingerprint density at radius 2 is 2.11 bits per heavy atom. The first-order valence-electron chi connectivity index (χ1n) is 8.96. The zero-order valence-electron chi connectivity index (χ0n) is 14.9. The van der Waals surface area contributed by atoms with Gasteiger partial charge in [-0.05, 0) is 30.8 Å². The Balaban J connectivity index is 1.84. The molecule has 6 heteroatoms. The highest BCUT2D eigenvalue weighted by Gasteiger charge is 2.25. The number of hydrogen-bond acceptors (Lipinski definition) is 3. The lowest BCUT2D eigenvalue weighted by Gasteiger charge is -2.29. The van der Waals surface area contributed by atoms with Gasteiger partial charge in [0, 0.05) is 41.2 Å². The molecular formula is C21H19ClFN3O. The number of hydrogen-bond donors (Lipinski definition) is 1. The molecule has 2 aromatic carbocycles. The van der Waals surface area contributed by atoms with Crippen LogP contribution in [0.1, 0.15) is 28.5 Å². The summed E-state index contributed by atoms with van der Waals surface area (Å²) in [5.41, 5.74) is 3.27. The number of rotatable bonds is 3. The van der Waals surface area contributed by atoms with Gasteiger partial charge in [-0.15, -0.1) is 0 Å². The number of amides is 1. The van der Waals surface area contributed by atoms with Crippen LogP contribution in [0.4, 0.5) is 10.1 Å². The normalized spacial score (nSPS) is 14.2. The Morgan fingerprint density at radius 3 is 2.93 bits per heavy atom. The van der Waals surface area contributed by atoms with E-state index in [0.717, 1.165) is 41.7 Å². The number of halogens is 2. The van der Waals surface area contributed by atoms with Crippen LogP contribution in [0.2, 0.25) is 5.02 Å². The van der Waals surface area contributed by atoms with E-state index in [0.29, 0.717) is 17.1 Å². The third kappa shape index (κ3) is 3.40. The highest BCUT2D eigenvalue weighted by atomic mass is 35.5. The van der Waals surface area contributed by atoms with Crippen molar-refractivity contribution in [3.63, 3.8) is 0 Å². The van der Waals surface area contributed by atoms with Crippen LogP contribution in [0, 0.1) is 5.82 Å². The number of carbonyl (C=O) groups is 1. The van der Waals surface area contributed by atoms with Gasteiger partial charge in [-0.1, -0.05) is 36.7 Å². The predicted molar refractivity (Wildman–Crippen MR) is 106 cm³/mol. The van der Waals surface area contributed by atoms with Gasteiger partial charge in [-0.25, -0.2) is 4.39 Å². The second kappa shape index (κ2) is 7.25. The average Bonchev–Trinajstić information content (AvgIpc) is 2.68. The molecule has 1 aromatic heterocycles. The van der Waals surface area contributed by atoms with Crippen molar-refractivity contribution in [3.8, 4) is 0 Å². The summed E-state index contributed by atoms with van der Waals surface area (Å²) in [7, 11) is 0. The molecule has 1 aliphatic heterocycles. The maximum absolute atomic E-state index is 14.1. The zero-order chi connectivity index (χ0) is 19.0.